The van der Waals surface area contributed by atoms with Gasteiger partial charge in [-0.05, 0) is 43.7 Å². The third kappa shape index (κ3) is 2.39. The van der Waals surface area contributed by atoms with Gasteiger partial charge in [0.25, 0.3) is 5.91 Å². The zero-order valence-electron chi connectivity index (χ0n) is 11.5. The van der Waals surface area contributed by atoms with E-state index in [0.29, 0.717) is 12.0 Å². The predicted molar refractivity (Wildman–Crippen MR) is 74.1 cm³/mol. The highest BCUT2D eigenvalue weighted by molar-refractivity contribution is 5.97. The van der Waals surface area contributed by atoms with Crippen molar-refractivity contribution in [3.8, 4) is 5.75 Å². The van der Waals surface area contributed by atoms with E-state index in [-0.39, 0.29) is 17.2 Å². The van der Waals surface area contributed by atoms with Crippen LogP contribution in [-0.4, -0.2) is 28.5 Å². The van der Waals surface area contributed by atoms with Gasteiger partial charge in [0.15, 0.2) is 0 Å². The van der Waals surface area contributed by atoms with Crippen molar-refractivity contribution in [1.29, 1.82) is 0 Å². The fourth-order valence-electron chi connectivity index (χ4n) is 3.72. The van der Waals surface area contributed by atoms with Crippen molar-refractivity contribution in [1.82, 2.24) is 4.90 Å². The van der Waals surface area contributed by atoms with E-state index >= 15 is 0 Å². The molecule has 20 heavy (non-hydrogen) atoms. The second kappa shape index (κ2) is 5.43. The monoisotopic (exact) mass is 277 g/mol. The molecule has 0 spiro atoms. The lowest BCUT2D eigenvalue weighted by molar-refractivity contribution is 0.0686. The average Bonchev–Trinajstić information content (AvgIpc) is 3.09. The van der Waals surface area contributed by atoms with Crippen LogP contribution >= 0.6 is 0 Å². The second-order valence-corrected chi connectivity index (χ2v) is 5.91. The molecule has 1 aliphatic carbocycles. The summed E-state index contributed by atoms with van der Waals surface area (Å²) >= 11 is 0. The SMILES string of the molecule is O=C(c1ccc(F)cc1O)N1CCCC1C1CCCC1. The third-order valence-electron chi connectivity index (χ3n) is 4.69. The summed E-state index contributed by atoms with van der Waals surface area (Å²) in [4.78, 5) is 14.5. The normalized spacial score (nSPS) is 23.4. The third-order valence-corrected chi connectivity index (χ3v) is 4.69. The number of nitrogens with zero attached hydrogens (tertiary/aromatic N) is 1. The van der Waals surface area contributed by atoms with Crippen molar-refractivity contribution in [3.05, 3.63) is 29.6 Å². The van der Waals surface area contributed by atoms with Gasteiger partial charge >= 0.3 is 0 Å². The van der Waals surface area contributed by atoms with Gasteiger partial charge in [-0.1, -0.05) is 12.8 Å². The Bertz CT molecular complexity index is 511. The van der Waals surface area contributed by atoms with Gasteiger partial charge in [-0.15, -0.1) is 0 Å². The molecular formula is C16H20FNO2. The topological polar surface area (TPSA) is 40.5 Å². The number of benzene rings is 1. The van der Waals surface area contributed by atoms with Crippen LogP contribution in [0, 0.1) is 11.7 Å². The van der Waals surface area contributed by atoms with Crippen LogP contribution in [0.15, 0.2) is 18.2 Å². The van der Waals surface area contributed by atoms with Gasteiger partial charge < -0.3 is 10.0 Å². The fourth-order valence-corrected chi connectivity index (χ4v) is 3.72. The number of hydrogen-bond acceptors (Lipinski definition) is 2. The standard InChI is InChI=1S/C16H20FNO2/c17-12-7-8-13(15(19)10-12)16(20)18-9-3-6-14(18)11-4-1-2-5-11/h7-8,10-11,14,19H,1-6,9H2. The molecule has 3 nitrogen and oxygen atoms in total. The molecule has 4 heteroatoms. The van der Waals surface area contributed by atoms with Gasteiger partial charge in [0.05, 0.1) is 5.56 Å². The van der Waals surface area contributed by atoms with Gasteiger partial charge in [0.2, 0.25) is 0 Å². The van der Waals surface area contributed by atoms with Crippen LogP contribution in [0.3, 0.4) is 0 Å². The van der Waals surface area contributed by atoms with Gasteiger partial charge in [-0.25, -0.2) is 4.39 Å². The Hall–Kier alpha value is -1.58. The molecule has 2 aliphatic rings. The van der Waals surface area contributed by atoms with Crippen molar-refractivity contribution < 1.29 is 14.3 Å². The van der Waals surface area contributed by atoms with Crippen LogP contribution in [0.2, 0.25) is 0 Å². The molecule has 3 rings (SSSR count). The Morgan fingerprint density at radius 1 is 1.20 bits per heavy atom. The van der Waals surface area contributed by atoms with E-state index < -0.39 is 5.82 Å². The molecule has 2 fully saturated rings. The lowest BCUT2D eigenvalue weighted by Gasteiger charge is -2.29. The fraction of sp³-hybridized carbons (Fsp3) is 0.562. The van der Waals surface area contributed by atoms with E-state index in [2.05, 4.69) is 0 Å². The molecule has 0 radical (unpaired) electrons. The van der Waals surface area contributed by atoms with Gasteiger partial charge in [0, 0.05) is 18.7 Å². The van der Waals surface area contributed by atoms with Crippen LogP contribution in [0.4, 0.5) is 4.39 Å². The number of rotatable bonds is 2. The molecule has 0 aromatic heterocycles. The second-order valence-electron chi connectivity index (χ2n) is 5.91. The first-order valence-corrected chi connectivity index (χ1v) is 7.46. The summed E-state index contributed by atoms with van der Waals surface area (Å²) in [5.41, 5.74) is 0.219. The molecule has 1 heterocycles. The molecule has 1 amide bonds. The van der Waals surface area contributed by atoms with E-state index in [0.717, 1.165) is 25.5 Å². The molecular weight excluding hydrogens is 257 g/mol. The molecule has 0 bridgehead atoms. The first kappa shape index (κ1) is 13.4. The summed E-state index contributed by atoms with van der Waals surface area (Å²) in [5.74, 6) is -0.333. The lowest BCUT2D eigenvalue weighted by Crippen LogP contribution is -2.39. The summed E-state index contributed by atoms with van der Waals surface area (Å²) in [6.45, 7) is 0.747. The Kier molecular flexibility index (Phi) is 3.64. The minimum atomic E-state index is -0.521. The zero-order valence-corrected chi connectivity index (χ0v) is 11.5. The zero-order chi connectivity index (χ0) is 14.1. The molecule has 1 aromatic rings. The van der Waals surface area contributed by atoms with Crippen LogP contribution < -0.4 is 0 Å². The Morgan fingerprint density at radius 2 is 1.95 bits per heavy atom. The van der Waals surface area contributed by atoms with Crippen molar-refractivity contribution >= 4 is 5.91 Å². The van der Waals surface area contributed by atoms with Crippen molar-refractivity contribution in [2.75, 3.05) is 6.54 Å². The van der Waals surface area contributed by atoms with Gasteiger partial charge in [0.1, 0.15) is 11.6 Å². The summed E-state index contributed by atoms with van der Waals surface area (Å²) in [6, 6.07) is 3.92. The van der Waals surface area contributed by atoms with Crippen molar-refractivity contribution in [2.45, 2.75) is 44.6 Å². The highest BCUT2D eigenvalue weighted by atomic mass is 19.1. The van der Waals surface area contributed by atoms with E-state index in [9.17, 15) is 14.3 Å². The first-order chi connectivity index (χ1) is 9.66. The van der Waals surface area contributed by atoms with E-state index in [4.69, 9.17) is 0 Å². The molecule has 1 unspecified atom stereocenters. The molecule has 1 aliphatic heterocycles. The first-order valence-electron chi connectivity index (χ1n) is 7.46. The Morgan fingerprint density at radius 3 is 2.65 bits per heavy atom. The van der Waals surface area contributed by atoms with Gasteiger partial charge in [-0.2, -0.15) is 0 Å². The van der Waals surface area contributed by atoms with Crippen LogP contribution in [0.25, 0.3) is 0 Å². The number of halogens is 1. The molecule has 1 saturated heterocycles. The van der Waals surface area contributed by atoms with Crippen LogP contribution in [0.5, 0.6) is 5.75 Å². The van der Waals surface area contributed by atoms with Gasteiger partial charge in [-0.3, -0.25) is 4.79 Å². The number of aromatic hydroxyl groups is 1. The highest BCUT2D eigenvalue weighted by Gasteiger charge is 2.36. The summed E-state index contributed by atoms with van der Waals surface area (Å²) < 4.78 is 13.0. The van der Waals surface area contributed by atoms with Crippen LogP contribution in [-0.2, 0) is 0 Å². The molecule has 108 valence electrons. The van der Waals surface area contributed by atoms with Crippen molar-refractivity contribution in [3.63, 3.8) is 0 Å². The Labute approximate surface area is 118 Å². The van der Waals surface area contributed by atoms with Crippen LogP contribution in [0.1, 0.15) is 48.9 Å². The molecule has 1 aromatic carbocycles. The van der Waals surface area contributed by atoms with E-state index in [1.165, 1.54) is 37.8 Å². The number of carbonyl (C=O) groups excluding carboxylic acids is 1. The highest BCUT2D eigenvalue weighted by Crippen LogP contribution is 2.36. The number of amides is 1. The summed E-state index contributed by atoms with van der Waals surface area (Å²) in [6.07, 6.45) is 6.98. The molecule has 1 saturated carbocycles. The number of hydrogen-bond donors (Lipinski definition) is 1. The molecule has 1 N–H and O–H groups in total. The number of phenols is 1. The predicted octanol–water partition coefficient (Wildman–Crippen LogP) is 3.33. The maximum atomic E-state index is 13.0. The number of carbonyl (C=O) groups is 1. The maximum Gasteiger partial charge on any atom is 0.257 e. The average molecular weight is 277 g/mol. The minimum Gasteiger partial charge on any atom is -0.507 e. The summed E-state index contributed by atoms with van der Waals surface area (Å²) in [5, 5.41) is 9.79. The number of likely N-dealkylation sites (tertiary alicyclic amines) is 1. The minimum absolute atomic E-state index is 0.156. The largest absolute Gasteiger partial charge is 0.507 e. The lowest BCUT2D eigenvalue weighted by atomic mass is 9.95. The van der Waals surface area contributed by atoms with E-state index in [1.54, 1.807) is 0 Å². The quantitative estimate of drug-likeness (QED) is 0.900. The maximum absolute atomic E-state index is 13.0. The number of phenolic OH excluding ortho intramolecular Hbond substituents is 1. The summed E-state index contributed by atoms with van der Waals surface area (Å²) in [7, 11) is 0. The smallest absolute Gasteiger partial charge is 0.257 e. The molecule has 1 atom stereocenters. The Balaban J connectivity index is 1.81. The van der Waals surface area contributed by atoms with E-state index in [1.807, 2.05) is 4.90 Å². The van der Waals surface area contributed by atoms with Crippen molar-refractivity contribution in [2.24, 2.45) is 5.92 Å².